The standard InChI is InChI=1S/C15H27N3O2S/c1-6-15(4,5)11-18-21(19,20)14-8-7-13(10-17-14)9-16-12(2)3/h7-8,10,12,16,18H,6,9,11H2,1-5H3. The Bertz CT molecular complexity index is 537. The Morgan fingerprint density at radius 2 is 1.95 bits per heavy atom. The number of rotatable bonds is 8. The molecule has 0 saturated heterocycles. The number of nitrogens with zero attached hydrogens (tertiary/aromatic N) is 1. The van der Waals surface area contributed by atoms with Gasteiger partial charge in [-0.25, -0.2) is 18.1 Å². The summed E-state index contributed by atoms with van der Waals surface area (Å²) in [6.45, 7) is 11.3. The van der Waals surface area contributed by atoms with E-state index in [1.165, 1.54) is 0 Å². The molecule has 0 saturated carbocycles. The van der Waals surface area contributed by atoms with Crippen LogP contribution in [0.25, 0.3) is 0 Å². The van der Waals surface area contributed by atoms with Crippen LogP contribution in [0.4, 0.5) is 0 Å². The predicted octanol–water partition coefficient (Wildman–Crippen LogP) is 2.29. The van der Waals surface area contributed by atoms with Crippen LogP contribution in [0.2, 0.25) is 0 Å². The maximum absolute atomic E-state index is 12.2. The molecular weight excluding hydrogens is 286 g/mol. The van der Waals surface area contributed by atoms with Crippen molar-refractivity contribution >= 4 is 10.0 Å². The molecule has 1 rings (SSSR count). The number of sulfonamides is 1. The number of hydrogen-bond acceptors (Lipinski definition) is 4. The van der Waals surface area contributed by atoms with Gasteiger partial charge in [0.15, 0.2) is 5.03 Å². The number of pyridine rings is 1. The SMILES string of the molecule is CCC(C)(C)CNS(=O)(=O)c1ccc(CNC(C)C)cn1. The number of hydrogen-bond donors (Lipinski definition) is 2. The third-order valence-electron chi connectivity index (χ3n) is 3.49. The first-order valence-electron chi connectivity index (χ1n) is 7.34. The molecule has 0 aromatic carbocycles. The molecular formula is C15H27N3O2S. The van der Waals surface area contributed by atoms with Gasteiger partial charge in [-0.05, 0) is 23.5 Å². The zero-order valence-corrected chi connectivity index (χ0v) is 14.4. The van der Waals surface area contributed by atoms with Crippen LogP contribution >= 0.6 is 0 Å². The summed E-state index contributed by atoms with van der Waals surface area (Å²) in [4.78, 5) is 4.06. The van der Waals surface area contributed by atoms with Crippen molar-refractivity contribution in [2.24, 2.45) is 5.41 Å². The molecule has 120 valence electrons. The van der Waals surface area contributed by atoms with Crippen molar-refractivity contribution in [1.82, 2.24) is 15.0 Å². The van der Waals surface area contributed by atoms with Crippen LogP contribution in [-0.2, 0) is 16.6 Å². The Balaban J connectivity index is 2.71. The van der Waals surface area contributed by atoms with Gasteiger partial charge < -0.3 is 5.32 Å². The Hall–Kier alpha value is -0.980. The second-order valence-electron chi connectivity index (χ2n) is 6.38. The topological polar surface area (TPSA) is 71.1 Å². The second-order valence-corrected chi connectivity index (χ2v) is 8.10. The van der Waals surface area contributed by atoms with E-state index in [4.69, 9.17) is 0 Å². The first-order valence-corrected chi connectivity index (χ1v) is 8.82. The van der Waals surface area contributed by atoms with E-state index in [2.05, 4.69) is 28.9 Å². The third kappa shape index (κ3) is 6.11. The summed E-state index contributed by atoms with van der Waals surface area (Å²) in [5.74, 6) is 0. The second kappa shape index (κ2) is 7.33. The van der Waals surface area contributed by atoms with Crippen molar-refractivity contribution in [2.45, 2.75) is 58.7 Å². The summed E-state index contributed by atoms with van der Waals surface area (Å²) in [5, 5.41) is 3.34. The summed E-state index contributed by atoms with van der Waals surface area (Å²) in [5.41, 5.74) is 0.908. The summed E-state index contributed by atoms with van der Waals surface area (Å²) >= 11 is 0. The van der Waals surface area contributed by atoms with Crippen LogP contribution < -0.4 is 10.0 Å². The smallest absolute Gasteiger partial charge is 0.258 e. The quantitative estimate of drug-likeness (QED) is 0.772. The molecule has 0 aliphatic heterocycles. The monoisotopic (exact) mass is 313 g/mol. The predicted molar refractivity (Wildman–Crippen MR) is 85.5 cm³/mol. The van der Waals surface area contributed by atoms with Gasteiger partial charge in [0, 0.05) is 25.3 Å². The zero-order valence-electron chi connectivity index (χ0n) is 13.6. The molecule has 0 aliphatic rings. The zero-order chi connectivity index (χ0) is 16.1. The Morgan fingerprint density at radius 3 is 2.43 bits per heavy atom. The van der Waals surface area contributed by atoms with Gasteiger partial charge in [-0.1, -0.05) is 40.7 Å². The average molecular weight is 313 g/mol. The first-order chi connectivity index (χ1) is 9.66. The van der Waals surface area contributed by atoms with Gasteiger partial charge in [-0.15, -0.1) is 0 Å². The van der Waals surface area contributed by atoms with Crippen molar-refractivity contribution in [1.29, 1.82) is 0 Å². The van der Waals surface area contributed by atoms with E-state index >= 15 is 0 Å². The minimum absolute atomic E-state index is 0.0613. The molecule has 0 aliphatic carbocycles. The maximum Gasteiger partial charge on any atom is 0.258 e. The van der Waals surface area contributed by atoms with Gasteiger partial charge in [0.1, 0.15) is 0 Å². The van der Waals surface area contributed by atoms with Crippen LogP contribution in [0.15, 0.2) is 23.4 Å². The van der Waals surface area contributed by atoms with E-state index in [0.29, 0.717) is 19.1 Å². The molecule has 6 heteroatoms. The highest BCUT2D eigenvalue weighted by atomic mass is 32.2. The first kappa shape index (κ1) is 18.1. The minimum atomic E-state index is -3.53. The maximum atomic E-state index is 12.2. The van der Waals surface area contributed by atoms with E-state index in [1.54, 1.807) is 18.3 Å². The van der Waals surface area contributed by atoms with Gasteiger partial charge in [-0.3, -0.25) is 0 Å². The molecule has 21 heavy (non-hydrogen) atoms. The Morgan fingerprint density at radius 1 is 1.29 bits per heavy atom. The third-order valence-corrected chi connectivity index (χ3v) is 4.80. The van der Waals surface area contributed by atoms with Gasteiger partial charge >= 0.3 is 0 Å². The lowest BCUT2D eigenvalue weighted by Crippen LogP contribution is -2.34. The summed E-state index contributed by atoms with van der Waals surface area (Å²) < 4.78 is 27.0. The largest absolute Gasteiger partial charge is 0.310 e. The summed E-state index contributed by atoms with van der Waals surface area (Å²) in [6.07, 6.45) is 2.51. The number of aromatic nitrogens is 1. The molecule has 1 aromatic heterocycles. The van der Waals surface area contributed by atoms with E-state index in [-0.39, 0.29) is 10.4 Å². The molecule has 1 aromatic rings. The molecule has 0 atom stereocenters. The van der Waals surface area contributed by atoms with Crippen molar-refractivity contribution < 1.29 is 8.42 Å². The molecule has 0 spiro atoms. The highest BCUT2D eigenvalue weighted by Crippen LogP contribution is 2.19. The lowest BCUT2D eigenvalue weighted by Gasteiger charge is -2.22. The highest BCUT2D eigenvalue weighted by molar-refractivity contribution is 7.89. The Labute approximate surface area is 128 Å². The normalized spacial score (nSPS) is 12.9. The van der Waals surface area contributed by atoms with Crippen LogP contribution in [0, 0.1) is 5.41 Å². The van der Waals surface area contributed by atoms with E-state index in [9.17, 15) is 8.42 Å². The van der Waals surface area contributed by atoms with Crippen LogP contribution in [0.5, 0.6) is 0 Å². The molecule has 0 amide bonds. The summed E-state index contributed by atoms with van der Waals surface area (Å²) in [6, 6.07) is 3.73. The van der Waals surface area contributed by atoms with Crippen LogP contribution in [0.3, 0.4) is 0 Å². The van der Waals surface area contributed by atoms with Gasteiger partial charge in [0.25, 0.3) is 10.0 Å². The fourth-order valence-electron chi connectivity index (χ4n) is 1.49. The van der Waals surface area contributed by atoms with Gasteiger partial charge in [-0.2, -0.15) is 0 Å². The molecule has 1 heterocycles. The fourth-order valence-corrected chi connectivity index (χ4v) is 2.65. The highest BCUT2D eigenvalue weighted by Gasteiger charge is 2.21. The van der Waals surface area contributed by atoms with Gasteiger partial charge in [0.05, 0.1) is 0 Å². The molecule has 0 fully saturated rings. The molecule has 2 N–H and O–H groups in total. The van der Waals surface area contributed by atoms with Crippen LogP contribution in [0.1, 0.15) is 46.6 Å². The fraction of sp³-hybridized carbons (Fsp3) is 0.667. The molecule has 0 unspecified atom stereocenters. The van der Waals surface area contributed by atoms with Crippen molar-refractivity contribution in [3.8, 4) is 0 Å². The van der Waals surface area contributed by atoms with E-state index < -0.39 is 10.0 Å². The molecule has 0 radical (unpaired) electrons. The lowest BCUT2D eigenvalue weighted by molar-refractivity contribution is 0.350. The molecule has 0 bridgehead atoms. The van der Waals surface area contributed by atoms with Crippen molar-refractivity contribution in [2.75, 3.05) is 6.54 Å². The average Bonchev–Trinajstić information content (AvgIpc) is 2.44. The van der Waals surface area contributed by atoms with E-state index in [0.717, 1.165) is 12.0 Å². The Kier molecular flexibility index (Phi) is 6.31. The molecule has 5 nitrogen and oxygen atoms in total. The van der Waals surface area contributed by atoms with Crippen molar-refractivity contribution in [3.63, 3.8) is 0 Å². The minimum Gasteiger partial charge on any atom is -0.310 e. The number of nitrogens with one attached hydrogen (secondary N) is 2. The lowest BCUT2D eigenvalue weighted by atomic mass is 9.91. The van der Waals surface area contributed by atoms with Crippen LogP contribution in [-0.4, -0.2) is 26.0 Å². The van der Waals surface area contributed by atoms with E-state index in [1.807, 2.05) is 20.8 Å². The van der Waals surface area contributed by atoms with Crippen molar-refractivity contribution in [3.05, 3.63) is 23.9 Å². The van der Waals surface area contributed by atoms with Gasteiger partial charge in [0.2, 0.25) is 0 Å². The summed E-state index contributed by atoms with van der Waals surface area (Å²) in [7, 11) is -3.53.